The SMILES string of the molecule is COc1ccc(N(CCC(=O)O)C(C)C(=O)O)cc1Cl. The monoisotopic (exact) mass is 301 g/mol. The van der Waals surface area contributed by atoms with Gasteiger partial charge in [0.15, 0.2) is 0 Å². The third-order valence-corrected chi connectivity index (χ3v) is 3.15. The molecule has 7 heteroatoms. The van der Waals surface area contributed by atoms with Crippen LogP contribution in [0.25, 0.3) is 0 Å². The lowest BCUT2D eigenvalue weighted by Crippen LogP contribution is -2.40. The maximum Gasteiger partial charge on any atom is 0.326 e. The normalized spacial score (nSPS) is 11.8. The molecule has 0 fully saturated rings. The van der Waals surface area contributed by atoms with Crippen molar-refractivity contribution in [2.45, 2.75) is 19.4 Å². The van der Waals surface area contributed by atoms with Crippen molar-refractivity contribution in [1.82, 2.24) is 0 Å². The second-order valence-electron chi connectivity index (χ2n) is 4.17. The molecule has 0 aromatic heterocycles. The van der Waals surface area contributed by atoms with E-state index in [0.29, 0.717) is 16.5 Å². The zero-order chi connectivity index (χ0) is 15.3. The molecule has 1 aromatic rings. The minimum absolute atomic E-state index is 0.0749. The minimum atomic E-state index is -1.04. The molecular weight excluding hydrogens is 286 g/mol. The fourth-order valence-electron chi connectivity index (χ4n) is 1.73. The molecule has 20 heavy (non-hydrogen) atoms. The van der Waals surface area contributed by atoms with Gasteiger partial charge in [0.25, 0.3) is 0 Å². The van der Waals surface area contributed by atoms with E-state index in [4.69, 9.17) is 26.6 Å². The number of halogens is 1. The van der Waals surface area contributed by atoms with Crippen LogP contribution in [-0.2, 0) is 9.59 Å². The summed E-state index contributed by atoms with van der Waals surface area (Å²) in [5.74, 6) is -1.56. The highest BCUT2D eigenvalue weighted by Gasteiger charge is 2.22. The first-order valence-corrected chi connectivity index (χ1v) is 6.29. The molecular formula is C13H16ClNO5. The molecule has 0 heterocycles. The van der Waals surface area contributed by atoms with E-state index < -0.39 is 18.0 Å². The van der Waals surface area contributed by atoms with Crippen molar-refractivity contribution in [2.24, 2.45) is 0 Å². The number of methoxy groups -OCH3 is 1. The summed E-state index contributed by atoms with van der Waals surface area (Å²) < 4.78 is 5.02. The predicted octanol–water partition coefficient (Wildman–Crippen LogP) is 2.10. The molecule has 110 valence electrons. The van der Waals surface area contributed by atoms with Crippen molar-refractivity contribution in [3.05, 3.63) is 23.2 Å². The minimum Gasteiger partial charge on any atom is -0.495 e. The summed E-state index contributed by atoms with van der Waals surface area (Å²) in [5, 5.41) is 18.2. The number of anilines is 1. The van der Waals surface area contributed by atoms with E-state index in [1.54, 1.807) is 18.2 Å². The zero-order valence-corrected chi connectivity index (χ0v) is 11.9. The van der Waals surface area contributed by atoms with Crippen LogP contribution in [0.15, 0.2) is 18.2 Å². The molecule has 1 aromatic carbocycles. The van der Waals surface area contributed by atoms with E-state index in [2.05, 4.69) is 0 Å². The Hall–Kier alpha value is -1.95. The Morgan fingerprint density at radius 3 is 2.50 bits per heavy atom. The van der Waals surface area contributed by atoms with Gasteiger partial charge in [0.2, 0.25) is 0 Å². The molecule has 1 atom stereocenters. The van der Waals surface area contributed by atoms with Gasteiger partial charge in [0.1, 0.15) is 11.8 Å². The van der Waals surface area contributed by atoms with Crippen molar-refractivity contribution >= 4 is 29.2 Å². The summed E-state index contributed by atoms with van der Waals surface area (Å²) in [5.41, 5.74) is 0.534. The number of aliphatic carboxylic acids is 2. The Labute approximate surface area is 121 Å². The third kappa shape index (κ3) is 4.03. The quantitative estimate of drug-likeness (QED) is 0.802. The lowest BCUT2D eigenvalue weighted by molar-refractivity contribution is -0.139. The summed E-state index contributed by atoms with van der Waals surface area (Å²) in [6.07, 6.45) is -0.165. The molecule has 0 aliphatic carbocycles. The number of ether oxygens (including phenoxy) is 1. The number of hydrogen-bond donors (Lipinski definition) is 2. The first-order chi connectivity index (χ1) is 9.36. The molecule has 1 unspecified atom stereocenters. The van der Waals surface area contributed by atoms with Crippen molar-refractivity contribution < 1.29 is 24.5 Å². The van der Waals surface area contributed by atoms with Crippen LogP contribution < -0.4 is 9.64 Å². The Morgan fingerprint density at radius 2 is 2.05 bits per heavy atom. The Balaban J connectivity index is 3.05. The first kappa shape index (κ1) is 16.1. The van der Waals surface area contributed by atoms with Gasteiger partial charge >= 0.3 is 11.9 Å². The second-order valence-corrected chi connectivity index (χ2v) is 4.58. The molecule has 0 radical (unpaired) electrons. The van der Waals surface area contributed by atoms with Gasteiger partial charge < -0.3 is 19.8 Å². The van der Waals surface area contributed by atoms with Gasteiger partial charge in [-0.05, 0) is 25.1 Å². The summed E-state index contributed by atoms with van der Waals surface area (Å²) in [6, 6.07) is 3.95. The molecule has 0 spiro atoms. The van der Waals surface area contributed by atoms with E-state index >= 15 is 0 Å². The van der Waals surface area contributed by atoms with Crippen LogP contribution >= 0.6 is 11.6 Å². The molecule has 0 aliphatic heterocycles. The molecule has 0 bridgehead atoms. The van der Waals surface area contributed by atoms with Crippen LogP contribution in [-0.4, -0.2) is 41.8 Å². The first-order valence-electron chi connectivity index (χ1n) is 5.91. The Morgan fingerprint density at radius 1 is 1.40 bits per heavy atom. The van der Waals surface area contributed by atoms with Gasteiger partial charge in [0.05, 0.1) is 18.6 Å². The van der Waals surface area contributed by atoms with Gasteiger partial charge in [-0.25, -0.2) is 4.79 Å². The largest absolute Gasteiger partial charge is 0.495 e. The average molecular weight is 302 g/mol. The number of carbonyl (C=O) groups is 2. The molecule has 0 saturated heterocycles. The fraction of sp³-hybridized carbons (Fsp3) is 0.385. The highest BCUT2D eigenvalue weighted by Crippen LogP contribution is 2.30. The van der Waals surface area contributed by atoms with Crippen molar-refractivity contribution in [3.63, 3.8) is 0 Å². The van der Waals surface area contributed by atoms with Crippen LogP contribution in [0, 0.1) is 0 Å². The van der Waals surface area contributed by atoms with E-state index in [9.17, 15) is 9.59 Å². The number of rotatable bonds is 7. The van der Waals surface area contributed by atoms with Crippen molar-refractivity contribution in [1.29, 1.82) is 0 Å². The standard InChI is InChI=1S/C13H16ClNO5/c1-8(13(18)19)15(6-5-12(16)17)9-3-4-11(20-2)10(14)7-9/h3-4,7-8H,5-6H2,1-2H3,(H,16,17)(H,18,19). The third-order valence-electron chi connectivity index (χ3n) is 2.86. The Kier molecular flexibility index (Phi) is 5.64. The molecule has 6 nitrogen and oxygen atoms in total. The van der Waals surface area contributed by atoms with Crippen LogP contribution in [0.5, 0.6) is 5.75 Å². The Bertz CT molecular complexity index is 506. The van der Waals surface area contributed by atoms with Crippen LogP contribution in [0.1, 0.15) is 13.3 Å². The van der Waals surface area contributed by atoms with Gasteiger partial charge in [-0.2, -0.15) is 0 Å². The van der Waals surface area contributed by atoms with Gasteiger partial charge in [-0.15, -0.1) is 0 Å². The van der Waals surface area contributed by atoms with E-state index in [1.165, 1.54) is 18.9 Å². The van der Waals surface area contributed by atoms with Gasteiger partial charge in [-0.3, -0.25) is 4.79 Å². The van der Waals surface area contributed by atoms with E-state index in [0.717, 1.165) is 0 Å². The second kappa shape index (κ2) is 7.00. The van der Waals surface area contributed by atoms with Crippen molar-refractivity contribution in [3.8, 4) is 5.75 Å². The zero-order valence-electron chi connectivity index (χ0n) is 11.2. The van der Waals surface area contributed by atoms with Gasteiger partial charge in [0, 0.05) is 12.2 Å². The predicted molar refractivity (Wildman–Crippen MR) is 74.7 cm³/mol. The van der Waals surface area contributed by atoms with Crippen molar-refractivity contribution in [2.75, 3.05) is 18.6 Å². The highest BCUT2D eigenvalue weighted by atomic mass is 35.5. The van der Waals surface area contributed by atoms with Crippen LogP contribution in [0.3, 0.4) is 0 Å². The molecule has 2 N–H and O–H groups in total. The number of hydrogen-bond acceptors (Lipinski definition) is 4. The number of benzene rings is 1. The summed E-state index contributed by atoms with van der Waals surface area (Å²) in [4.78, 5) is 23.3. The fourth-order valence-corrected chi connectivity index (χ4v) is 1.98. The highest BCUT2D eigenvalue weighted by molar-refractivity contribution is 6.32. The van der Waals surface area contributed by atoms with E-state index in [1.807, 2.05) is 0 Å². The molecule has 0 amide bonds. The maximum atomic E-state index is 11.1. The summed E-state index contributed by atoms with van der Waals surface area (Å²) >= 11 is 6.01. The van der Waals surface area contributed by atoms with Gasteiger partial charge in [-0.1, -0.05) is 11.6 Å². The molecule has 1 rings (SSSR count). The summed E-state index contributed by atoms with van der Waals surface area (Å²) in [7, 11) is 1.48. The average Bonchev–Trinajstić information content (AvgIpc) is 2.38. The summed E-state index contributed by atoms with van der Waals surface area (Å²) in [6.45, 7) is 1.56. The molecule has 0 aliphatic rings. The number of nitrogens with zero attached hydrogens (tertiary/aromatic N) is 1. The molecule has 0 saturated carbocycles. The lowest BCUT2D eigenvalue weighted by Gasteiger charge is -2.28. The van der Waals surface area contributed by atoms with E-state index in [-0.39, 0.29) is 13.0 Å². The smallest absolute Gasteiger partial charge is 0.326 e. The lowest BCUT2D eigenvalue weighted by atomic mass is 10.2. The number of carboxylic acids is 2. The number of carboxylic acid groups (broad SMARTS) is 2. The van der Waals surface area contributed by atoms with Crippen LogP contribution in [0.2, 0.25) is 5.02 Å². The maximum absolute atomic E-state index is 11.1. The van der Waals surface area contributed by atoms with Crippen LogP contribution in [0.4, 0.5) is 5.69 Å². The topological polar surface area (TPSA) is 87.1 Å².